The van der Waals surface area contributed by atoms with Crippen molar-refractivity contribution in [3.63, 3.8) is 0 Å². The average molecular weight is 619 g/mol. The van der Waals surface area contributed by atoms with Gasteiger partial charge in [-0.1, -0.05) is 23.8 Å². The Morgan fingerprint density at radius 3 is 1.88 bits per heavy atom. The predicted molar refractivity (Wildman–Crippen MR) is 158 cm³/mol. The number of ether oxygens (including phenoxy) is 2. The van der Waals surface area contributed by atoms with Gasteiger partial charge in [-0.25, -0.2) is 0 Å². The van der Waals surface area contributed by atoms with E-state index in [2.05, 4.69) is 0 Å². The van der Waals surface area contributed by atoms with Crippen LogP contribution < -0.4 is 9.47 Å². The van der Waals surface area contributed by atoms with Crippen molar-refractivity contribution in [2.75, 3.05) is 14.2 Å². The molecule has 2 aliphatic heterocycles. The Bertz CT molecular complexity index is 1620. The fourth-order valence-corrected chi connectivity index (χ4v) is 9.00. The van der Waals surface area contributed by atoms with Gasteiger partial charge in [0.2, 0.25) is 29.4 Å². The van der Waals surface area contributed by atoms with Crippen LogP contribution in [0.25, 0.3) is 0 Å². The molecule has 1 N–H and O–H groups in total. The van der Waals surface area contributed by atoms with Gasteiger partial charge >= 0.3 is 0 Å². The molecular formula is C32H30N2O7S2. The van der Waals surface area contributed by atoms with Crippen LogP contribution in [0, 0.1) is 29.6 Å². The van der Waals surface area contributed by atoms with Crippen molar-refractivity contribution in [1.29, 1.82) is 0 Å². The minimum absolute atomic E-state index is 0.163. The summed E-state index contributed by atoms with van der Waals surface area (Å²) in [6.45, 7) is 0.428. The molecule has 43 heavy (non-hydrogen) atoms. The topological polar surface area (TPSA) is 113 Å². The van der Waals surface area contributed by atoms with Crippen LogP contribution in [0.2, 0.25) is 0 Å². The van der Waals surface area contributed by atoms with Crippen molar-refractivity contribution in [1.82, 2.24) is 9.80 Å². The van der Waals surface area contributed by atoms with Crippen LogP contribution in [0.5, 0.6) is 17.2 Å². The smallest absolute Gasteiger partial charge is 0.234 e. The van der Waals surface area contributed by atoms with Gasteiger partial charge in [0, 0.05) is 15.7 Å². The second-order valence-electron chi connectivity index (χ2n) is 11.5. The van der Waals surface area contributed by atoms with Crippen LogP contribution in [0.3, 0.4) is 0 Å². The molecule has 222 valence electrons. The van der Waals surface area contributed by atoms with Crippen molar-refractivity contribution >= 4 is 46.3 Å². The molecule has 1 aromatic carbocycles. The first-order valence-electron chi connectivity index (χ1n) is 14.2. The van der Waals surface area contributed by atoms with Crippen LogP contribution in [0.4, 0.5) is 0 Å². The predicted octanol–water partition coefficient (Wildman–Crippen LogP) is 4.57. The number of likely N-dealkylation sites (tertiary alicyclic amines) is 2. The Morgan fingerprint density at radius 1 is 0.791 bits per heavy atom. The van der Waals surface area contributed by atoms with Gasteiger partial charge < -0.3 is 14.6 Å². The number of hydrogen-bond donors (Lipinski definition) is 1. The van der Waals surface area contributed by atoms with E-state index in [1.807, 2.05) is 41.1 Å². The minimum Gasteiger partial charge on any atom is -0.502 e. The Morgan fingerprint density at radius 2 is 1.35 bits per heavy atom. The molecule has 2 saturated heterocycles. The van der Waals surface area contributed by atoms with Crippen LogP contribution >= 0.6 is 22.7 Å². The highest BCUT2D eigenvalue weighted by atomic mass is 32.1. The summed E-state index contributed by atoms with van der Waals surface area (Å²) in [7, 11) is 2.88. The van der Waals surface area contributed by atoms with E-state index in [1.165, 1.54) is 46.7 Å². The summed E-state index contributed by atoms with van der Waals surface area (Å²) in [6.07, 6.45) is 2.71. The Hall–Kier alpha value is -3.96. The van der Waals surface area contributed by atoms with Gasteiger partial charge in [0.25, 0.3) is 0 Å². The number of amides is 4. The van der Waals surface area contributed by atoms with E-state index in [0.29, 0.717) is 18.4 Å². The van der Waals surface area contributed by atoms with Crippen molar-refractivity contribution < 1.29 is 33.8 Å². The minimum atomic E-state index is -0.695. The van der Waals surface area contributed by atoms with Gasteiger partial charge in [0.05, 0.1) is 51.0 Å². The molecule has 4 heterocycles. The van der Waals surface area contributed by atoms with Gasteiger partial charge in [-0.2, -0.15) is 0 Å². The first-order valence-corrected chi connectivity index (χ1v) is 16.0. The number of carbonyl (C=O) groups excluding carboxylic acids is 4. The number of phenols is 1. The lowest BCUT2D eigenvalue weighted by molar-refractivity contribution is -0.142. The summed E-state index contributed by atoms with van der Waals surface area (Å²) < 4.78 is 10.9. The van der Waals surface area contributed by atoms with E-state index in [-0.39, 0.29) is 59.9 Å². The first-order chi connectivity index (χ1) is 20.8. The third kappa shape index (κ3) is 4.31. The number of thiophene rings is 2. The molecule has 1 saturated carbocycles. The van der Waals surface area contributed by atoms with Gasteiger partial charge in [-0.05, 0) is 59.3 Å². The highest BCUT2D eigenvalue weighted by molar-refractivity contribution is 7.10. The highest BCUT2D eigenvalue weighted by Crippen LogP contribution is 2.59. The van der Waals surface area contributed by atoms with Gasteiger partial charge in [0.15, 0.2) is 11.5 Å². The average Bonchev–Trinajstić information content (AvgIpc) is 3.81. The summed E-state index contributed by atoms with van der Waals surface area (Å²) in [5.74, 6) is -4.11. The van der Waals surface area contributed by atoms with Crippen LogP contribution in [-0.2, 0) is 32.3 Å². The molecule has 0 spiro atoms. The highest BCUT2D eigenvalue weighted by Gasteiger charge is 2.62. The molecule has 11 heteroatoms. The van der Waals surface area contributed by atoms with E-state index in [9.17, 15) is 24.3 Å². The van der Waals surface area contributed by atoms with E-state index in [0.717, 1.165) is 15.3 Å². The SMILES string of the molecule is COc1cc(C2C3=CCC4C(=O)N(Cc5cccs5)C(=O)C4C3CC3C(=O)N(Cc4cccs4)C(=O)C32)cc(OC)c1O. The molecule has 3 aromatic rings. The number of methoxy groups -OCH3 is 2. The fourth-order valence-electron chi connectivity index (χ4n) is 7.62. The van der Waals surface area contributed by atoms with Gasteiger partial charge in [-0.3, -0.25) is 29.0 Å². The molecule has 2 aliphatic carbocycles. The van der Waals surface area contributed by atoms with Crippen molar-refractivity contribution in [2.45, 2.75) is 31.8 Å². The maximum Gasteiger partial charge on any atom is 0.234 e. The molecule has 3 fully saturated rings. The zero-order valence-electron chi connectivity index (χ0n) is 23.6. The number of imide groups is 2. The third-order valence-corrected chi connectivity index (χ3v) is 11.2. The zero-order chi connectivity index (χ0) is 30.0. The zero-order valence-corrected chi connectivity index (χ0v) is 25.2. The first kappa shape index (κ1) is 27.8. The number of carbonyl (C=O) groups is 4. The lowest BCUT2D eigenvalue weighted by atomic mass is 9.57. The van der Waals surface area contributed by atoms with E-state index < -0.39 is 29.6 Å². The monoisotopic (exact) mass is 618 g/mol. The van der Waals surface area contributed by atoms with Crippen molar-refractivity contribution in [3.05, 3.63) is 74.1 Å². The third-order valence-electron chi connectivity index (χ3n) is 9.48. The van der Waals surface area contributed by atoms with Gasteiger partial charge in [-0.15, -0.1) is 22.7 Å². The van der Waals surface area contributed by atoms with E-state index in [4.69, 9.17) is 9.47 Å². The molecule has 6 atom stereocenters. The van der Waals surface area contributed by atoms with Crippen molar-refractivity contribution in [3.8, 4) is 17.2 Å². The van der Waals surface area contributed by atoms with Crippen LogP contribution in [0.15, 0.2) is 58.8 Å². The molecule has 9 nitrogen and oxygen atoms in total. The Labute approximate surface area is 256 Å². The largest absolute Gasteiger partial charge is 0.502 e. The van der Waals surface area contributed by atoms with Crippen LogP contribution in [-0.4, -0.2) is 52.8 Å². The Balaban J connectivity index is 1.32. The number of fused-ring (bicyclic) bond motifs is 4. The quantitative estimate of drug-likeness (QED) is 0.305. The van der Waals surface area contributed by atoms with Crippen molar-refractivity contribution in [2.24, 2.45) is 29.6 Å². The molecule has 6 unspecified atom stereocenters. The number of nitrogens with zero attached hydrogens (tertiary/aromatic N) is 2. The molecule has 0 radical (unpaired) electrons. The normalized spacial score (nSPS) is 28.1. The molecule has 7 rings (SSSR count). The molecule has 2 aromatic heterocycles. The molecule has 4 aliphatic rings. The maximum atomic E-state index is 14.1. The fraction of sp³-hybridized carbons (Fsp3) is 0.375. The lowest BCUT2D eigenvalue weighted by Crippen LogP contribution is -2.43. The van der Waals surface area contributed by atoms with Crippen LogP contribution in [0.1, 0.15) is 34.1 Å². The summed E-state index contributed by atoms with van der Waals surface area (Å²) in [6, 6.07) is 11.0. The number of aromatic hydroxyl groups is 1. The second-order valence-corrected chi connectivity index (χ2v) is 13.5. The summed E-state index contributed by atoms with van der Waals surface area (Å²) in [5, 5.41) is 14.5. The number of benzene rings is 1. The number of rotatable bonds is 7. The number of allylic oxidation sites excluding steroid dienone is 2. The summed E-state index contributed by atoms with van der Waals surface area (Å²) in [4.78, 5) is 60.2. The number of phenolic OH excluding ortho intramolecular Hbond substituents is 1. The molecule has 0 bridgehead atoms. The van der Waals surface area contributed by atoms with Gasteiger partial charge in [0.1, 0.15) is 0 Å². The Kier molecular flexibility index (Phi) is 6.89. The summed E-state index contributed by atoms with van der Waals surface area (Å²) >= 11 is 2.99. The van der Waals surface area contributed by atoms with E-state index in [1.54, 1.807) is 12.1 Å². The standard InChI is InChI=1S/C32H30N2O7S2/c1-40-23-11-16(12-24(41-2)28(23)35)25-19-7-8-20-26(31(38)33(29(20)36)14-17-5-3-9-42-17)21(19)13-22-27(25)32(39)34(30(22)37)15-18-6-4-10-43-18/h3-7,9-12,20-22,25-27,35H,8,13-15H2,1-2H3. The maximum absolute atomic E-state index is 14.1. The number of hydrogen-bond acceptors (Lipinski definition) is 9. The second kappa shape index (κ2) is 10.6. The summed E-state index contributed by atoms with van der Waals surface area (Å²) in [5.41, 5.74) is 1.54. The lowest BCUT2D eigenvalue weighted by Gasteiger charge is -2.44. The molecular weight excluding hydrogens is 588 g/mol. The van der Waals surface area contributed by atoms with E-state index >= 15 is 0 Å². The molecule has 4 amide bonds.